The molecule has 1 aliphatic heterocycles. The van der Waals surface area contributed by atoms with Gasteiger partial charge in [-0.15, -0.1) is 0 Å². The van der Waals surface area contributed by atoms with E-state index in [0.29, 0.717) is 5.69 Å². The van der Waals surface area contributed by atoms with Crippen LogP contribution in [0, 0.1) is 12.3 Å². The van der Waals surface area contributed by atoms with Crippen LogP contribution in [0.25, 0.3) is 0 Å². The Morgan fingerprint density at radius 2 is 2.15 bits per heavy atom. The number of aromatic nitrogens is 1. The number of nitrogen functional groups attached to an aromatic ring is 1. The molecule has 0 fully saturated rings. The maximum Gasteiger partial charge on any atom is 0.143 e. The van der Waals surface area contributed by atoms with E-state index in [0.717, 1.165) is 25.1 Å². The zero-order chi connectivity index (χ0) is 14.1. The van der Waals surface area contributed by atoms with E-state index in [1.807, 2.05) is 12.1 Å². The summed E-state index contributed by atoms with van der Waals surface area (Å²) in [5.41, 5.74) is 11.0. The molecule has 3 N–H and O–H groups in total. The summed E-state index contributed by atoms with van der Waals surface area (Å²) in [5.74, 6) is 0.0137. The van der Waals surface area contributed by atoms with Gasteiger partial charge in [-0.3, -0.25) is 10.4 Å². The fourth-order valence-corrected chi connectivity index (χ4v) is 2.80. The molecular formula is C16H18N4. The third kappa shape index (κ3) is 2.13. The molecule has 0 spiro atoms. The molecule has 2 heterocycles. The van der Waals surface area contributed by atoms with E-state index in [4.69, 9.17) is 11.1 Å². The zero-order valence-electron chi connectivity index (χ0n) is 11.6. The molecule has 0 bridgehead atoms. The van der Waals surface area contributed by atoms with E-state index in [-0.39, 0.29) is 5.84 Å². The molecule has 2 aromatic rings. The van der Waals surface area contributed by atoms with Crippen molar-refractivity contribution in [1.82, 2.24) is 4.98 Å². The molecule has 20 heavy (non-hydrogen) atoms. The monoisotopic (exact) mass is 266 g/mol. The van der Waals surface area contributed by atoms with Gasteiger partial charge < -0.3 is 10.6 Å². The quantitative estimate of drug-likeness (QED) is 0.649. The summed E-state index contributed by atoms with van der Waals surface area (Å²) in [6.07, 6.45) is 3.88. The molecule has 0 amide bonds. The van der Waals surface area contributed by atoms with E-state index in [2.05, 4.69) is 35.0 Å². The maximum absolute atomic E-state index is 7.70. The normalized spacial score (nSPS) is 13.9. The van der Waals surface area contributed by atoms with Crippen molar-refractivity contribution in [1.29, 1.82) is 5.41 Å². The second kappa shape index (κ2) is 4.96. The van der Waals surface area contributed by atoms with Crippen molar-refractivity contribution >= 4 is 17.2 Å². The molecule has 0 saturated heterocycles. The van der Waals surface area contributed by atoms with Crippen molar-refractivity contribution in [3.8, 4) is 0 Å². The van der Waals surface area contributed by atoms with E-state index >= 15 is 0 Å². The van der Waals surface area contributed by atoms with E-state index < -0.39 is 0 Å². The van der Waals surface area contributed by atoms with E-state index in [1.165, 1.54) is 16.8 Å². The summed E-state index contributed by atoms with van der Waals surface area (Å²) in [6, 6.07) is 10.4. The molecule has 0 atom stereocenters. The highest BCUT2D eigenvalue weighted by Gasteiger charge is 2.21. The van der Waals surface area contributed by atoms with Crippen LogP contribution in [0.3, 0.4) is 0 Å². The smallest absolute Gasteiger partial charge is 0.143 e. The van der Waals surface area contributed by atoms with Crippen LogP contribution < -0.4 is 10.6 Å². The van der Waals surface area contributed by atoms with Crippen molar-refractivity contribution in [3.63, 3.8) is 0 Å². The van der Waals surface area contributed by atoms with Gasteiger partial charge in [0.15, 0.2) is 0 Å². The van der Waals surface area contributed by atoms with E-state index in [1.54, 1.807) is 6.20 Å². The lowest BCUT2D eigenvalue weighted by Gasteiger charge is -2.32. The van der Waals surface area contributed by atoms with Crippen molar-refractivity contribution < 1.29 is 0 Å². The number of aryl methyl sites for hydroxylation is 2. The number of benzene rings is 1. The number of nitrogens with zero attached hydrogens (tertiary/aromatic N) is 2. The minimum absolute atomic E-state index is 0.0137. The standard InChI is InChI=1S/C16H18N4/c1-11-6-7-13-12(10-11)4-3-9-20(13)14-5-2-8-19-15(14)16(17)18/h2,5-8,10H,3-4,9H2,1H3,(H3,17,18). The predicted octanol–water partition coefficient (Wildman–Crippen LogP) is 2.76. The first-order valence-electron chi connectivity index (χ1n) is 6.83. The first-order chi connectivity index (χ1) is 9.66. The molecule has 0 saturated carbocycles. The Balaban J connectivity index is 2.12. The first kappa shape index (κ1) is 12.7. The lowest BCUT2D eigenvalue weighted by atomic mass is 9.99. The predicted molar refractivity (Wildman–Crippen MR) is 81.8 cm³/mol. The van der Waals surface area contributed by atoms with Gasteiger partial charge in [0.1, 0.15) is 11.5 Å². The van der Waals surface area contributed by atoms with Crippen LogP contribution in [0.5, 0.6) is 0 Å². The lowest BCUT2D eigenvalue weighted by molar-refractivity contribution is 0.764. The van der Waals surface area contributed by atoms with Crippen LogP contribution in [0.1, 0.15) is 23.2 Å². The number of anilines is 2. The Bertz CT molecular complexity index is 663. The topological polar surface area (TPSA) is 66.0 Å². The van der Waals surface area contributed by atoms with Gasteiger partial charge in [-0.05, 0) is 43.5 Å². The third-order valence-electron chi connectivity index (χ3n) is 3.69. The number of fused-ring (bicyclic) bond motifs is 1. The molecule has 0 radical (unpaired) electrons. The molecule has 1 aromatic carbocycles. The molecule has 102 valence electrons. The minimum atomic E-state index is 0.0137. The molecule has 3 rings (SSSR count). The fourth-order valence-electron chi connectivity index (χ4n) is 2.80. The van der Waals surface area contributed by atoms with Crippen LogP contribution in [-0.2, 0) is 6.42 Å². The SMILES string of the molecule is Cc1ccc2c(c1)CCCN2c1cccnc1C(=N)N. The van der Waals surface area contributed by atoms with Gasteiger partial charge in [0.25, 0.3) is 0 Å². The highest BCUT2D eigenvalue weighted by atomic mass is 15.2. The van der Waals surface area contributed by atoms with E-state index in [9.17, 15) is 0 Å². The highest BCUT2D eigenvalue weighted by Crippen LogP contribution is 2.34. The average molecular weight is 266 g/mol. The minimum Gasteiger partial charge on any atom is -0.382 e. The number of nitrogens with two attached hydrogens (primary N) is 1. The fraction of sp³-hybridized carbons (Fsp3) is 0.250. The summed E-state index contributed by atoms with van der Waals surface area (Å²) in [5, 5.41) is 7.70. The summed E-state index contributed by atoms with van der Waals surface area (Å²) >= 11 is 0. The number of pyridine rings is 1. The van der Waals surface area contributed by atoms with Gasteiger partial charge in [-0.1, -0.05) is 17.7 Å². The van der Waals surface area contributed by atoms with Gasteiger partial charge in [-0.2, -0.15) is 0 Å². The largest absolute Gasteiger partial charge is 0.382 e. The van der Waals surface area contributed by atoms with Crippen LogP contribution in [0.15, 0.2) is 36.5 Å². The number of hydrogen-bond acceptors (Lipinski definition) is 3. The number of amidine groups is 1. The van der Waals surface area contributed by atoms with Gasteiger partial charge in [0.2, 0.25) is 0 Å². The van der Waals surface area contributed by atoms with Crippen molar-refractivity contribution in [3.05, 3.63) is 53.3 Å². The molecule has 0 aliphatic carbocycles. The van der Waals surface area contributed by atoms with Crippen molar-refractivity contribution in [2.24, 2.45) is 5.73 Å². The van der Waals surface area contributed by atoms with Gasteiger partial charge >= 0.3 is 0 Å². The molecular weight excluding hydrogens is 248 g/mol. The molecule has 1 aliphatic rings. The summed E-state index contributed by atoms with van der Waals surface area (Å²) in [7, 11) is 0. The van der Waals surface area contributed by atoms with Crippen LogP contribution >= 0.6 is 0 Å². The second-order valence-electron chi connectivity index (χ2n) is 5.17. The van der Waals surface area contributed by atoms with Gasteiger partial charge in [0, 0.05) is 18.4 Å². The van der Waals surface area contributed by atoms with Crippen molar-refractivity contribution in [2.75, 3.05) is 11.4 Å². The zero-order valence-corrected chi connectivity index (χ0v) is 11.6. The molecule has 1 aromatic heterocycles. The average Bonchev–Trinajstić information content (AvgIpc) is 2.46. The Kier molecular flexibility index (Phi) is 3.14. The second-order valence-corrected chi connectivity index (χ2v) is 5.17. The first-order valence-corrected chi connectivity index (χ1v) is 6.83. The summed E-state index contributed by atoms with van der Waals surface area (Å²) in [6.45, 7) is 3.05. The van der Waals surface area contributed by atoms with Gasteiger partial charge in [0.05, 0.1) is 5.69 Å². The summed E-state index contributed by atoms with van der Waals surface area (Å²) in [4.78, 5) is 6.48. The van der Waals surface area contributed by atoms with Crippen LogP contribution in [0.2, 0.25) is 0 Å². The number of rotatable bonds is 2. The lowest BCUT2D eigenvalue weighted by Crippen LogP contribution is -2.28. The molecule has 4 heteroatoms. The molecule has 4 nitrogen and oxygen atoms in total. The van der Waals surface area contributed by atoms with Crippen LogP contribution in [0.4, 0.5) is 11.4 Å². The number of nitrogens with one attached hydrogen (secondary N) is 1. The summed E-state index contributed by atoms with van der Waals surface area (Å²) < 4.78 is 0. The Morgan fingerprint density at radius 1 is 1.30 bits per heavy atom. The highest BCUT2D eigenvalue weighted by molar-refractivity contribution is 5.99. The molecule has 0 unspecified atom stereocenters. The third-order valence-corrected chi connectivity index (χ3v) is 3.69. The Labute approximate surface area is 118 Å². The number of hydrogen-bond donors (Lipinski definition) is 2. The van der Waals surface area contributed by atoms with Crippen LogP contribution in [-0.4, -0.2) is 17.4 Å². The Morgan fingerprint density at radius 3 is 2.95 bits per heavy atom. The van der Waals surface area contributed by atoms with Gasteiger partial charge in [-0.25, -0.2) is 0 Å². The Hall–Kier alpha value is -2.36. The van der Waals surface area contributed by atoms with Crippen molar-refractivity contribution in [2.45, 2.75) is 19.8 Å². The maximum atomic E-state index is 7.70.